The summed E-state index contributed by atoms with van der Waals surface area (Å²) in [6.45, 7) is 8.13. The van der Waals surface area contributed by atoms with Gasteiger partial charge in [0.05, 0.1) is 0 Å². The zero-order valence-electron chi connectivity index (χ0n) is 6.39. The Morgan fingerprint density at radius 1 is 1.67 bits per heavy atom. The lowest BCUT2D eigenvalue weighted by atomic mass is 10.4. The van der Waals surface area contributed by atoms with Crippen LogP contribution in [0.3, 0.4) is 0 Å². The summed E-state index contributed by atoms with van der Waals surface area (Å²) in [5.41, 5.74) is 0. The van der Waals surface area contributed by atoms with Crippen LogP contribution in [0.4, 0.5) is 0 Å². The zero-order chi connectivity index (χ0) is 7.11. The fourth-order valence-corrected chi connectivity index (χ4v) is 1.44. The third-order valence-corrected chi connectivity index (χ3v) is 2.45. The van der Waals surface area contributed by atoms with Gasteiger partial charge < -0.3 is 0 Å². The predicted molar refractivity (Wildman–Crippen MR) is 47.0 cm³/mol. The average Bonchev–Trinajstić information content (AvgIpc) is 1.89. The molecule has 1 heteroatoms. The van der Waals surface area contributed by atoms with Crippen LogP contribution in [0, 0.1) is 0 Å². The number of hydrogen-bond acceptors (Lipinski definition) is 1. The third kappa shape index (κ3) is 5.97. The molecule has 9 heavy (non-hydrogen) atoms. The van der Waals surface area contributed by atoms with Gasteiger partial charge in [-0.05, 0) is 19.1 Å². The lowest BCUT2D eigenvalue weighted by molar-refractivity contribution is 0.895. The molecule has 0 N–H and O–H groups in total. The van der Waals surface area contributed by atoms with Crippen LogP contribution in [0.1, 0.15) is 26.7 Å². The summed E-state index contributed by atoms with van der Waals surface area (Å²) in [4.78, 5) is 0. The van der Waals surface area contributed by atoms with Gasteiger partial charge in [0, 0.05) is 5.25 Å². The molecule has 1 atom stereocenters. The van der Waals surface area contributed by atoms with E-state index in [4.69, 9.17) is 0 Å². The van der Waals surface area contributed by atoms with Crippen molar-refractivity contribution in [1.82, 2.24) is 0 Å². The minimum absolute atomic E-state index is 0.636. The van der Waals surface area contributed by atoms with Crippen molar-refractivity contribution < 1.29 is 0 Å². The molecule has 0 amide bonds. The van der Waals surface area contributed by atoms with E-state index in [2.05, 4.69) is 20.4 Å². The van der Waals surface area contributed by atoms with Crippen molar-refractivity contribution in [2.24, 2.45) is 0 Å². The first kappa shape index (κ1) is 9.09. The van der Waals surface area contributed by atoms with E-state index in [0.29, 0.717) is 5.25 Å². The Morgan fingerprint density at radius 2 is 2.33 bits per heavy atom. The van der Waals surface area contributed by atoms with E-state index in [1.165, 1.54) is 18.6 Å². The van der Waals surface area contributed by atoms with Crippen molar-refractivity contribution in [2.75, 3.05) is 5.75 Å². The summed E-state index contributed by atoms with van der Waals surface area (Å²) in [7, 11) is 0. The SMILES string of the molecule is C=CC(C)SCCCC. The highest BCUT2D eigenvalue weighted by atomic mass is 32.2. The van der Waals surface area contributed by atoms with E-state index in [1.807, 2.05) is 17.8 Å². The Labute approximate surface area is 62.7 Å². The van der Waals surface area contributed by atoms with E-state index in [1.54, 1.807) is 0 Å². The number of hydrogen-bond donors (Lipinski definition) is 0. The van der Waals surface area contributed by atoms with Crippen LogP contribution in [0.15, 0.2) is 12.7 Å². The predicted octanol–water partition coefficient (Wildman–Crippen LogP) is 3.09. The Bertz CT molecular complexity index is 69.0. The van der Waals surface area contributed by atoms with Gasteiger partial charge >= 0.3 is 0 Å². The molecule has 0 spiro atoms. The molecule has 0 aliphatic heterocycles. The molecule has 0 radical (unpaired) electrons. The van der Waals surface area contributed by atoms with E-state index in [-0.39, 0.29) is 0 Å². The van der Waals surface area contributed by atoms with Crippen LogP contribution in [-0.2, 0) is 0 Å². The molecule has 0 bridgehead atoms. The summed E-state index contributed by atoms with van der Waals surface area (Å²) >= 11 is 1.98. The second kappa shape index (κ2) is 6.21. The van der Waals surface area contributed by atoms with Crippen LogP contribution in [0.5, 0.6) is 0 Å². The molecule has 0 aliphatic rings. The molecule has 0 saturated carbocycles. The van der Waals surface area contributed by atoms with Crippen molar-refractivity contribution in [1.29, 1.82) is 0 Å². The Kier molecular flexibility index (Phi) is 6.28. The maximum atomic E-state index is 3.72. The molecule has 0 aromatic carbocycles. The van der Waals surface area contributed by atoms with Crippen LogP contribution < -0.4 is 0 Å². The minimum atomic E-state index is 0.636. The largest absolute Gasteiger partial charge is 0.155 e. The summed E-state index contributed by atoms with van der Waals surface area (Å²) in [5, 5.41) is 0.636. The van der Waals surface area contributed by atoms with Crippen molar-refractivity contribution in [3.05, 3.63) is 12.7 Å². The standard InChI is InChI=1S/C8H16S/c1-4-6-7-9-8(3)5-2/h5,8H,2,4,6-7H2,1,3H3. The third-order valence-electron chi connectivity index (χ3n) is 1.21. The van der Waals surface area contributed by atoms with Gasteiger partial charge in [-0.3, -0.25) is 0 Å². The van der Waals surface area contributed by atoms with Crippen molar-refractivity contribution in [3.63, 3.8) is 0 Å². The smallest absolute Gasteiger partial charge is 0.0196 e. The van der Waals surface area contributed by atoms with Gasteiger partial charge in [0.1, 0.15) is 0 Å². The number of thioether (sulfide) groups is 1. The normalized spacial score (nSPS) is 13.1. The van der Waals surface area contributed by atoms with Crippen molar-refractivity contribution >= 4 is 11.8 Å². The number of unbranched alkanes of at least 4 members (excludes halogenated alkanes) is 1. The van der Waals surface area contributed by atoms with Crippen LogP contribution in [-0.4, -0.2) is 11.0 Å². The van der Waals surface area contributed by atoms with Gasteiger partial charge in [-0.25, -0.2) is 0 Å². The summed E-state index contributed by atoms with van der Waals surface area (Å²) in [6, 6.07) is 0. The highest BCUT2D eigenvalue weighted by Gasteiger charge is 1.93. The van der Waals surface area contributed by atoms with Crippen molar-refractivity contribution in [2.45, 2.75) is 31.9 Å². The summed E-state index contributed by atoms with van der Waals surface area (Å²) < 4.78 is 0. The highest BCUT2D eigenvalue weighted by molar-refractivity contribution is 8.00. The molecule has 0 saturated heterocycles. The summed E-state index contributed by atoms with van der Waals surface area (Å²) in [6.07, 6.45) is 4.64. The molecule has 0 aromatic rings. The van der Waals surface area contributed by atoms with E-state index in [9.17, 15) is 0 Å². The molecule has 54 valence electrons. The second-order valence-electron chi connectivity index (χ2n) is 2.17. The summed E-state index contributed by atoms with van der Waals surface area (Å²) in [5.74, 6) is 1.28. The zero-order valence-corrected chi connectivity index (χ0v) is 7.21. The molecule has 1 unspecified atom stereocenters. The highest BCUT2D eigenvalue weighted by Crippen LogP contribution is 2.12. The lowest BCUT2D eigenvalue weighted by Gasteiger charge is -2.02. The van der Waals surface area contributed by atoms with Gasteiger partial charge in [0.2, 0.25) is 0 Å². The first-order chi connectivity index (χ1) is 4.31. The Morgan fingerprint density at radius 3 is 2.78 bits per heavy atom. The van der Waals surface area contributed by atoms with Gasteiger partial charge in [-0.1, -0.05) is 19.4 Å². The van der Waals surface area contributed by atoms with Crippen molar-refractivity contribution in [3.8, 4) is 0 Å². The number of rotatable bonds is 5. The fraction of sp³-hybridized carbons (Fsp3) is 0.750. The van der Waals surface area contributed by atoms with Crippen LogP contribution in [0.2, 0.25) is 0 Å². The molecule has 0 heterocycles. The quantitative estimate of drug-likeness (QED) is 0.422. The van der Waals surface area contributed by atoms with Gasteiger partial charge in [0.25, 0.3) is 0 Å². The van der Waals surface area contributed by atoms with Gasteiger partial charge in [0.15, 0.2) is 0 Å². The second-order valence-corrected chi connectivity index (χ2v) is 3.65. The molecule has 0 fully saturated rings. The van der Waals surface area contributed by atoms with Crippen LogP contribution >= 0.6 is 11.8 Å². The Balaban J connectivity index is 2.96. The molecular weight excluding hydrogens is 128 g/mol. The molecule has 0 aromatic heterocycles. The van der Waals surface area contributed by atoms with Gasteiger partial charge in [-0.15, -0.1) is 6.58 Å². The van der Waals surface area contributed by atoms with Gasteiger partial charge in [-0.2, -0.15) is 11.8 Å². The lowest BCUT2D eigenvalue weighted by Crippen LogP contribution is -1.90. The van der Waals surface area contributed by atoms with E-state index in [0.717, 1.165) is 0 Å². The monoisotopic (exact) mass is 144 g/mol. The van der Waals surface area contributed by atoms with E-state index >= 15 is 0 Å². The molecule has 0 aliphatic carbocycles. The fourth-order valence-electron chi connectivity index (χ4n) is 0.482. The average molecular weight is 144 g/mol. The van der Waals surface area contributed by atoms with Crippen LogP contribution in [0.25, 0.3) is 0 Å². The maximum Gasteiger partial charge on any atom is 0.0196 e. The first-order valence-electron chi connectivity index (χ1n) is 3.55. The molecule has 0 nitrogen and oxygen atoms in total. The maximum absolute atomic E-state index is 3.72. The Hall–Kier alpha value is 0.0900. The van der Waals surface area contributed by atoms with E-state index < -0.39 is 0 Å². The molecular formula is C8H16S. The first-order valence-corrected chi connectivity index (χ1v) is 4.60. The minimum Gasteiger partial charge on any atom is -0.155 e. The topological polar surface area (TPSA) is 0 Å². The molecule has 0 rings (SSSR count).